The van der Waals surface area contributed by atoms with Crippen LogP contribution in [0.15, 0.2) is 85.0 Å². The summed E-state index contributed by atoms with van der Waals surface area (Å²) >= 11 is 0. The second-order valence-corrected chi connectivity index (χ2v) is 11.4. The molecule has 0 aromatic heterocycles. The van der Waals surface area contributed by atoms with Crippen molar-refractivity contribution >= 4 is 5.70 Å². The van der Waals surface area contributed by atoms with E-state index in [9.17, 15) is 0 Å². The second kappa shape index (κ2) is 18.5. The fraction of sp³-hybridized carbons (Fsp3) is 0.474. The second-order valence-electron chi connectivity index (χ2n) is 11.4. The van der Waals surface area contributed by atoms with Crippen LogP contribution in [0.4, 0.5) is 0 Å². The van der Waals surface area contributed by atoms with Gasteiger partial charge in [0.15, 0.2) is 0 Å². The van der Waals surface area contributed by atoms with Crippen LogP contribution in [-0.4, -0.2) is 13.1 Å². The number of nitrogens with one attached hydrogen (secondary N) is 2. The molecule has 0 unspecified atom stereocenters. The molecule has 0 heterocycles. The van der Waals surface area contributed by atoms with Crippen LogP contribution >= 0.6 is 0 Å². The fourth-order valence-corrected chi connectivity index (χ4v) is 5.24. The summed E-state index contributed by atoms with van der Waals surface area (Å²) in [5.41, 5.74) is 9.62. The molecule has 1 aliphatic carbocycles. The van der Waals surface area contributed by atoms with Gasteiger partial charge < -0.3 is 10.6 Å². The fourth-order valence-electron chi connectivity index (χ4n) is 5.24. The smallest absolute Gasteiger partial charge is 0.0376 e. The van der Waals surface area contributed by atoms with E-state index in [0.717, 1.165) is 64.1 Å². The molecule has 0 atom stereocenters. The Morgan fingerprint density at radius 3 is 2.52 bits per heavy atom. The van der Waals surface area contributed by atoms with Crippen molar-refractivity contribution in [2.75, 3.05) is 13.1 Å². The van der Waals surface area contributed by atoms with E-state index in [-0.39, 0.29) is 0 Å². The van der Waals surface area contributed by atoms with Crippen molar-refractivity contribution in [3.05, 3.63) is 113 Å². The van der Waals surface area contributed by atoms with Crippen LogP contribution in [0.5, 0.6) is 0 Å². The average molecular weight is 539 g/mol. The first-order valence-electron chi connectivity index (χ1n) is 16.0. The Morgan fingerprint density at radius 1 is 1.00 bits per heavy atom. The SMILES string of the molecule is C=C/C(=C\C=C/CC)CCCCN/C(=C\CCCC)c1cc(C)ccc1CNCCc1ccc(C2CCC2)cc1. The number of rotatable bonds is 19. The number of benzene rings is 2. The molecular formula is C38H54N2. The Kier molecular flexibility index (Phi) is 14.7. The van der Waals surface area contributed by atoms with Gasteiger partial charge in [-0.15, -0.1) is 0 Å². The standard InChI is InChI=1S/C38H54N2/c1-5-8-10-15-32(7-3)16-12-13-27-40-38(19-11-9-6-2)37-29-31(4)20-23-36(37)30-39-28-26-33-21-24-35(25-22-33)34-17-14-18-34/h7-8,10,15,19-25,29,34,39-40H,3,5-6,9,11-14,16-18,26-28,30H2,1-2,4H3/b10-8-,32-15+,38-19-. The highest BCUT2D eigenvalue weighted by molar-refractivity contribution is 5.67. The van der Waals surface area contributed by atoms with Crippen LogP contribution in [0, 0.1) is 6.92 Å². The predicted molar refractivity (Wildman–Crippen MR) is 177 cm³/mol. The minimum atomic E-state index is 0.815. The van der Waals surface area contributed by atoms with Gasteiger partial charge in [0.05, 0.1) is 0 Å². The normalized spacial score (nSPS) is 14.5. The molecule has 0 radical (unpaired) electrons. The predicted octanol–water partition coefficient (Wildman–Crippen LogP) is 9.96. The number of hydrogen-bond donors (Lipinski definition) is 2. The third-order valence-electron chi connectivity index (χ3n) is 8.08. The van der Waals surface area contributed by atoms with Crippen molar-refractivity contribution in [3.63, 3.8) is 0 Å². The molecule has 3 rings (SSSR count). The highest BCUT2D eigenvalue weighted by atomic mass is 14.9. The Balaban J connectivity index is 1.55. The summed E-state index contributed by atoms with van der Waals surface area (Å²) in [6.07, 6.45) is 24.2. The summed E-state index contributed by atoms with van der Waals surface area (Å²) in [5, 5.41) is 7.55. The van der Waals surface area contributed by atoms with Crippen LogP contribution in [0.25, 0.3) is 5.70 Å². The van der Waals surface area contributed by atoms with Crippen molar-refractivity contribution in [1.29, 1.82) is 0 Å². The number of hydrogen-bond acceptors (Lipinski definition) is 2. The molecule has 1 aliphatic rings. The van der Waals surface area contributed by atoms with Gasteiger partial charge in [-0.05, 0) is 106 Å². The van der Waals surface area contributed by atoms with Gasteiger partial charge in [0.25, 0.3) is 0 Å². The third-order valence-corrected chi connectivity index (χ3v) is 8.08. The van der Waals surface area contributed by atoms with Crippen LogP contribution in [0.2, 0.25) is 0 Å². The molecule has 1 fully saturated rings. The Morgan fingerprint density at radius 2 is 1.82 bits per heavy atom. The van der Waals surface area contributed by atoms with Crippen molar-refractivity contribution in [1.82, 2.24) is 10.6 Å². The van der Waals surface area contributed by atoms with Gasteiger partial charge in [-0.2, -0.15) is 0 Å². The lowest BCUT2D eigenvalue weighted by Crippen LogP contribution is -2.20. The molecule has 2 aromatic rings. The molecule has 2 heteroatoms. The molecule has 2 nitrogen and oxygen atoms in total. The van der Waals surface area contributed by atoms with Crippen molar-refractivity contribution in [3.8, 4) is 0 Å². The minimum Gasteiger partial charge on any atom is -0.385 e. The molecule has 0 spiro atoms. The summed E-state index contributed by atoms with van der Waals surface area (Å²) in [6, 6.07) is 16.3. The molecule has 2 N–H and O–H groups in total. The molecule has 0 bridgehead atoms. The summed E-state index contributed by atoms with van der Waals surface area (Å²) in [5.74, 6) is 0.815. The van der Waals surface area contributed by atoms with Gasteiger partial charge in [-0.3, -0.25) is 0 Å². The van der Waals surface area contributed by atoms with Crippen LogP contribution in [0.3, 0.4) is 0 Å². The quantitative estimate of drug-likeness (QED) is 0.137. The van der Waals surface area contributed by atoms with Gasteiger partial charge in [0, 0.05) is 24.4 Å². The monoisotopic (exact) mass is 538 g/mol. The molecular weight excluding hydrogens is 484 g/mol. The highest BCUT2D eigenvalue weighted by Gasteiger charge is 2.18. The minimum absolute atomic E-state index is 0.815. The van der Waals surface area contributed by atoms with E-state index in [1.165, 1.54) is 71.2 Å². The number of allylic oxidation sites excluding steroid dienone is 6. The summed E-state index contributed by atoms with van der Waals surface area (Å²) in [4.78, 5) is 0. The van der Waals surface area contributed by atoms with E-state index in [0.29, 0.717) is 0 Å². The maximum absolute atomic E-state index is 4.00. The summed E-state index contributed by atoms with van der Waals surface area (Å²) < 4.78 is 0. The summed E-state index contributed by atoms with van der Waals surface area (Å²) in [6.45, 7) is 13.5. The van der Waals surface area contributed by atoms with Crippen molar-refractivity contribution in [2.24, 2.45) is 0 Å². The molecule has 0 saturated heterocycles. The van der Waals surface area contributed by atoms with E-state index in [4.69, 9.17) is 0 Å². The number of unbranched alkanes of at least 4 members (excludes halogenated alkanes) is 3. The van der Waals surface area contributed by atoms with Gasteiger partial charge in [-0.25, -0.2) is 0 Å². The van der Waals surface area contributed by atoms with E-state index in [2.05, 4.69) is 105 Å². The third kappa shape index (κ3) is 11.0. The van der Waals surface area contributed by atoms with E-state index in [1.807, 2.05) is 6.08 Å². The molecule has 0 amide bonds. The van der Waals surface area contributed by atoms with E-state index < -0.39 is 0 Å². The summed E-state index contributed by atoms with van der Waals surface area (Å²) in [7, 11) is 0. The lowest BCUT2D eigenvalue weighted by Gasteiger charge is -2.25. The zero-order valence-electron chi connectivity index (χ0n) is 25.6. The van der Waals surface area contributed by atoms with Gasteiger partial charge in [0.1, 0.15) is 0 Å². The van der Waals surface area contributed by atoms with Crippen molar-refractivity contribution < 1.29 is 0 Å². The van der Waals surface area contributed by atoms with Gasteiger partial charge in [-0.1, -0.05) is 106 Å². The molecule has 0 aliphatic heterocycles. The van der Waals surface area contributed by atoms with Crippen LogP contribution in [0.1, 0.15) is 112 Å². The van der Waals surface area contributed by atoms with E-state index >= 15 is 0 Å². The maximum atomic E-state index is 4.00. The van der Waals surface area contributed by atoms with Gasteiger partial charge in [0.2, 0.25) is 0 Å². The van der Waals surface area contributed by atoms with Crippen LogP contribution < -0.4 is 10.6 Å². The first-order chi connectivity index (χ1) is 19.6. The Bertz CT molecular complexity index is 1100. The Hall–Kier alpha value is -2.84. The maximum Gasteiger partial charge on any atom is 0.0376 e. The van der Waals surface area contributed by atoms with Gasteiger partial charge >= 0.3 is 0 Å². The van der Waals surface area contributed by atoms with Crippen molar-refractivity contribution in [2.45, 2.75) is 104 Å². The molecule has 216 valence electrons. The van der Waals surface area contributed by atoms with E-state index in [1.54, 1.807) is 0 Å². The first-order valence-corrected chi connectivity index (χ1v) is 16.0. The average Bonchev–Trinajstić information content (AvgIpc) is 2.94. The number of aryl methyl sites for hydroxylation is 1. The Labute approximate surface area is 245 Å². The lowest BCUT2D eigenvalue weighted by molar-refractivity contribution is 0.419. The van der Waals surface area contributed by atoms with Crippen LogP contribution in [-0.2, 0) is 13.0 Å². The molecule has 40 heavy (non-hydrogen) atoms. The zero-order valence-corrected chi connectivity index (χ0v) is 25.6. The lowest BCUT2D eigenvalue weighted by atomic mass is 9.80. The molecule has 2 aromatic carbocycles. The first kappa shape index (κ1) is 31.7. The molecule has 1 saturated carbocycles. The largest absolute Gasteiger partial charge is 0.385 e. The highest BCUT2D eigenvalue weighted by Crippen LogP contribution is 2.36. The topological polar surface area (TPSA) is 24.1 Å². The zero-order chi connectivity index (χ0) is 28.4.